The number of carbonyl (C=O) groups is 2. The van der Waals surface area contributed by atoms with Crippen LogP contribution in [0.15, 0.2) is 48.5 Å². The molecule has 126 valence electrons. The Morgan fingerprint density at radius 3 is 2.25 bits per heavy atom. The molecule has 0 fully saturated rings. The Labute approximate surface area is 134 Å². The zero-order chi connectivity index (χ0) is 17.7. The number of phenolic OH excluding ortho intramolecular Hbond substituents is 1. The minimum Gasteiger partial charge on any atom is -0.507 e. The molecule has 5 nitrogen and oxygen atoms in total. The topological polar surface area (TPSA) is 75.6 Å². The SMILES string of the molecule is O=C(COC(=O)c1ccccc1O)Nc1ccc(C(F)(F)F)cc1. The molecule has 0 atom stereocenters. The maximum absolute atomic E-state index is 12.4. The fraction of sp³-hybridized carbons (Fsp3) is 0.125. The summed E-state index contributed by atoms with van der Waals surface area (Å²) in [5.74, 6) is -1.90. The molecule has 0 saturated carbocycles. The number of ether oxygens (including phenoxy) is 1. The van der Waals surface area contributed by atoms with Crippen LogP contribution < -0.4 is 5.32 Å². The molecular weight excluding hydrogens is 327 g/mol. The summed E-state index contributed by atoms with van der Waals surface area (Å²) in [7, 11) is 0. The second-order valence-corrected chi connectivity index (χ2v) is 4.72. The summed E-state index contributed by atoms with van der Waals surface area (Å²) < 4.78 is 42.0. The first-order valence-corrected chi connectivity index (χ1v) is 6.69. The van der Waals surface area contributed by atoms with Gasteiger partial charge in [0.25, 0.3) is 5.91 Å². The summed E-state index contributed by atoms with van der Waals surface area (Å²) in [4.78, 5) is 23.3. The number of hydrogen-bond acceptors (Lipinski definition) is 4. The van der Waals surface area contributed by atoms with Gasteiger partial charge in [-0.1, -0.05) is 12.1 Å². The van der Waals surface area contributed by atoms with Crippen molar-refractivity contribution in [2.24, 2.45) is 0 Å². The fourth-order valence-corrected chi connectivity index (χ4v) is 1.79. The van der Waals surface area contributed by atoms with E-state index in [-0.39, 0.29) is 17.0 Å². The van der Waals surface area contributed by atoms with Crippen molar-refractivity contribution in [1.29, 1.82) is 0 Å². The quantitative estimate of drug-likeness (QED) is 0.839. The lowest BCUT2D eigenvalue weighted by Gasteiger charge is -2.09. The maximum Gasteiger partial charge on any atom is 0.416 e. The number of carbonyl (C=O) groups excluding carboxylic acids is 2. The zero-order valence-corrected chi connectivity index (χ0v) is 12.1. The first-order chi connectivity index (χ1) is 11.3. The lowest BCUT2D eigenvalue weighted by atomic mass is 10.2. The van der Waals surface area contributed by atoms with E-state index in [1.54, 1.807) is 0 Å². The molecule has 0 bridgehead atoms. The highest BCUT2D eigenvalue weighted by Crippen LogP contribution is 2.29. The van der Waals surface area contributed by atoms with Crippen LogP contribution in [0.1, 0.15) is 15.9 Å². The zero-order valence-electron chi connectivity index (χ0n) is 12.1. The van der Waals surface area contributed by atoms with Crippen molar-refractivity contribution in [3.8, 4) is 5.75 Å². The molecule has 0 aromatic heterocycles. The van der Waals surface area contributed by atoms with Gasteiger partial charge in [0.1, 0.15) is 11.3 Å². The van der Waals surface area contributed by atoms with Crippen molar-refractivity contribution in [2.75, 3.05) is 11.9 Å². The number of hydrogen-bond donors (Lipinski definition) is 2. The minimum absolute atomic E-state index is 0.0974. The molecular formula is C16H12F3NO4. The smallest absolute Gasteiger partial charge is 0.416 e. The maximum atomic E-state index is 12.4. The third-order valence-electron chi connectivity index (χ3n) is 2.95. The van der Waals surface area contributed by atoms with Crippen molar-refractivity contribution < 1.29 is 32.6 Å². The van der Waals surface area contributed by atoms with E-state index in [9.17, 15) is 27.9 Å². The van der Waals surface area contributed by atoms with Gasteiger partial charge in [0.2, 0.25) is 0 Å². The molecule has 2 aromatic carbocycles. The van der Waals surface area contributed by atoms with Crippen molar-refractivity contribution in [2.45, 2.75) is 6.18 Å². The Hall–Kier alpha value is -3.03. The fourth-order valence-electron chi connectivity index (χ4n) is 1.79. The van der Waals surface area contributed by atoms with E-state index in [4.69, 9.17) is 4.74 Å². The highest BCUT2D eigenvalue weighted by atomic mass is 19.4. The summed E-state index contributed by atoms with van der Waals surface area (Å²) in [6.45, 7) is -0.645. The summed E-state index contributed by atoms with van der Waals surface area (Å²) in [6.07, 6.45) is -4.46. The van der Waals surface area contributed by atoms with Crippen LogP contribution >= 0.6 is 0 Å². The molecule has 2 N–H and O–H groups in total. The predicted octanol–water partition coefficient (Wildman–Crippen LogP) is 3.21. The second kappa shape index (κ2) is 7.03. The van der Waals surface area contributed by atoms with Gasteiger partial charge in [0, 0.05) is 5.69 Å². The van der Waals surface area contributed by atoms with E-state index in [0.29, 0.717) is 0 Å². The van der Waals surface area contributed by atoms with E-state index in [0.717, 1.165) is 24.3 Å². The van der Waals surface area contributed by atoms with Crippen LogP contribution in [0.3, 0.4) is 0 Å². The number of para-hydroxylation sites is 1. The Balaban J connectivity index is 1.90. The number of rotatable bonds is 4. The van der Waals surface area contributed by atoms with Gasteiger partial charge in [-0.05, 0) is 36.4 Å². The van der Waals surface area contributed by atoms with Crippen LogP contribution in [0.5, 0.6) is 5.75 Å². The average molecular weight is 339 g/mol. The van der Waals surface area contributed by atoms with E-state index < -0.39 is 30.2 Å². The third kappa shape index (κ3) is 4.48. The third-order valence-corrected chi connectivity index (χ3v) is 2.95. The predicted molar refractivity (Wildman–Crippen MR) is 78.5 cm³/mol. The summed E-state index contributed by atoms with van der Waals surface area (Å²) in [5.41, 5.74) is -0.807. The number of benzene rings is 2. The van der Waals surface area contributed by atoms with Gasteiger partial charge < -0.3 is 15.2 Å². The molecule has 0 unspecified atom stereocenters. The molecule has 0 aliphatic carbocycles. The van der Waals surface area contributed by atoms with Gasteiger partial charge in [0.05, 0.1) is 5.56 Å². The first kappa shape index (κ1) is 17.3. The van der Waals surface area contributed by atoms with Crippen LogP contribution in [-0.2, 0) is 15.7 Å². The molecule has 0 heterocycles. The Kier molecular flexibility index (Phi) is 5.08. The number of phenols is 1. The second-order valence-electron chi connectivity index (χ2n) is 4.72. The van der Waals surface area contributed by atoms with E-state index in [1.807, 2.05) is 0 Å². The number of anilines is 1. The largest absolute Gasteiger partial charge is 0.507 e. The van der Waals surface area contributed by atoms with Crippen molar-refractivity contribution in [3.05, 3.63) is 59.7 Å². The van der Waals surface area contributed by atoms with Crippen molar-refractivity contribution in [1.82, 2.24) is 0 Å². The van der Waals surface area contributed by atoms with Crippen molar-refractivity contribution >= 4 is 17.6 Å². The highest BCUT2D eigenvalue weighted by molar-refractivity contribution is 5.96. The van der Waals surface area contributed by atoms with Gasteiger partial charge in [-0.25, -0.2) is 4.79 Å². The molecule has 0 spiro atoms. The number of nitrogens with one attached hydrogen (secondary N) is 1. The van der Waals surface area contributed by atoms with Crippen LogP contribution in [0, 0.1) is 0 Å². The normalized spacial score (nSPS) is 11.0. The lowest BCUT2D eigenvalue weighted by Crippen LogP contribution is -2.21. The van der Waals surface area contributed by atoms with E-state index in [2.05, 4.69) is 5.32 Å². The number of halogens is 3. The molecule has 2 aromatic rings. The number of alkyl halides is 3. The van der Waals surface area contributed by atoms with Crippen LogP contribution in [0.25, 0.3) is 0 Å². The van der Waals surface area contributed by atoms with Gasteiger partial charge in [-0.15, -0.1) is 0 Å². The summed E-state index contributed by atoms with van der Waals surface area (Å²) in [6, 6.07) is 9.47. The summed E-state index contributed by atoms with van der Waals surface area (Å²) >= 11 is 0. The van der Waals surface area contributed by atoms with Crippen LogP contribution in [-0.4, -0.2) is 23.6 Å². The number of esters is 1. The monoisotopic (exact) mass is 339 g/mol. The molecule has 1 amide bonds. The Morgan fingerprint density at radius 1 is 1.04 bits per heavy atom. The molecule has 0 radical (unpaired) electrons. The van der Waals surface area contributed by atoms with E-state index >= 15 is 0 Å². The highest BCUT2D eigenvalue weighted by Gasteiger charge is 2.30. The number of aromatic hydroxyl groups is 1. The van der Waals surface area contributed by atoms with Gasteiger partial charge >= 0.3 is 12.1 Å². The molecule has 24 heavy (non-hydrogen) atoms. The van der Waals surface area contributed by atoms with Gasteiger partial charge in [0.15, 0.2) is 6.61 Å². The molecule has 8 heteroatoms. The number of amides is 1. The molecule has 0 saturated heterocycles. The van der Waals surface area contributed by atoms with Gasteiger partial charge in [-0.3, -0.25) is 4.79 Å². The standard InChI is InChI=1S/C16H12F3NO4/c17-16(18,19)10-5-7-11(8-6-10)20-14(22)9-24-15(23)12-3-1-2-4-13(12)21/h1-8,21H,9H2,(H,20,22). The van der Waals surface area contributed by atoms with Crippen LogP contribution in [0.4, 0.5) is 18.9 Å². The molecule has 2 rings (SSSR count). The van der Waals surface area contributed by atoms with Gasteiger partial charge in [-0.2, -0.15) is 13.2 Å². The van der Waals surface area contributed by atoms with Crippen LogP contribution in [0.2, 0.25) is 0 Å². The first-order valence-electron chi connectivity index (χ1n) is 6.69. The van der Waals surface area contributed by atoms with E-state index in [1.165, 1.54) is 24.3 Å². The molecule has 0 aliphatic heterocycles. The Bertz CT molecular complexity index is 742. The average Bonchev–Trinajstić information content (AvgIpc) is 2.53. The summed E-state index contributed by atoms with van der Waals surface area (Å²) in [5, 5.41) is 11.8. The lowest BCUT2D eigenvalue weighted by molar-refractivity contribution is -0.137. The van der Waals surface area contributed by atoms with Crippen molar-refractivity contribution in [3.63, 3.8) is 0 Å². The Morgan fingerprint density at radius 2 is 1.67 bits per heavy atom. The minimum atomic E-state index is -4.46. The molecule has 0 aliphatic rings.